The molecule has 6 heteroatoms. The summed E-state index contributed by atoms with van der Waals surface area (Å²) >= 11 is 3.15. The van der Waals surface area contributed by atoms with Gasteiger partial charge in [0.05, 0.1) is 11.1 Å². The molecule has 0 bridgehead atoms. The predicted molar refractivity (Wildman–Crippen MR) is 113 cm³/mol. The second-order valence-corrected chi connectivity index (χ2v) is 8.78. The Balaban J connectivity index is 1.54. The summed E-state index contributed by atoms with van der Waals surface area (Å²) in [6.45, 7) is 0. The highest BCUT2D eigenvalue weighted by Gasteiger charge is 2.22. The van der Waals surface area contributed by atoms with E-state index in [0.29, 0.717) is 11.8 Å². The Morgan fingerprint density at radius 3 is 2.74 bits per heavy atom. The topological polar surface area (TPSA) is 46.1 Å². The first-order chi connectivity index (χ1) is 13.2. The van der Waals surface area contributed by atoms with Crippen molar-refractivity contribution >= 4 is 39.2 Å². The standard InChI is InChI=1S/C21H23N3OS2/c1-24(16-10-6-3-7-11-16)18(25)13-27-21-19-17(15-8-4-2-5-9-15)12-26-20(19)22-14-23-21/h2,4-5,8-9,12,14,16H,3,6-7,10-11,13H2,1H3. The third-order valence-electron chi connectivity index (χ3n) is 5.27. The van der Waals surface area contributed by atoms with Crippen molar-refractivity contribution in [2.24, 2.45) is 0 Å². The Kier molecular flexibility index (Phi) is 5.74. The van der Waals surface area contributed by atoms with Crippen molar-refractivity contribution in [1.29, 1.82) is 0 Å². The molecule has 0 saturated heterocycles. The Hall–Kier alpha value is -1.92. The van der Waals surface area contributed by atoms with E-state index in [-0.39, 0.29) is 5.91 Å². The van der Waals surface area contributed by atoms with E-state index in [2.05, 4.69) is 27.5 Å². The maximum atomic E-state index is 12.7. The summed E-state index contributed by atoms with van der Waals surface area (Å²) in [7, 11) is 1.95. The molecule has 3 aromatic rings. The van der Waals surface area contributed by atoms with Gasteiger partial charge in [0, 0.05) is 24.0 Å². The van der Waals surface area contributed by atoms with Crippen molar-refractivity contribution in [2.75, 3.05) is 12.8 Å². The number of carbonyl (C=O) groups is 1. The molecule has 0 aliphatic heterocycles. The van der Waals surface area contributed by atoms with Gasteiger partial charge in [-0.15, -0.1) is 11.3 Å². The minimum absolute atomic E-state index is 0.190. The van der Waals surface area contributed by atoms with Crippen molar-refractivity contribution in [3.8, 4) is 11.1 Å². The van der Waals surface area contributed by atoms with E-state index >= 15 is 0 Å². The van der Waals surface area contributed by atoms with Gasteiger partial charge in [-0.2, -0.15) is 0 Å². The second kappa shape index (κ2) is 8.40. The summed E-state index contributed by atoms with van der Waals surface area (Å²) in [5.41, 5.74) is 2.30. The molecule has 1 fully saturated rings. The van der Waals surface area contributed by atoms with Crippen molar-refractivity contribution in [1.82, 2.24) is 14.9 Å². The molecule has 4 nitrogen and oxygen atoms in total. The molecule has 27 heavy (non-hydrogen) atoms. The lowest BCUT2D eigenvalue weighted by molar-refractivity contribution is -0.129. The van der Waals surface area contributed by atoms with Gasteiger partial charge in [0.1, 0.15) is 16.2 Å². The highest BCUT2D eigenvalue weighted by Crippen LogP contribution is 2.37. The fourth-order valence-corrected chi connectivity index (χ4v) is 5.61. The van der Waals surface area contributed by atoms with Gasteiger partial charge < -0.3 is 4.90 Å². The van der Waals surface area contributed by atoms with Gasteiger partial charge in [0.2, 0.25) is 5.91 Å². The van der Waals surface area contributed by atoms with Crippen LogP contribution < -0.4 is 0 Å². The van der Waals surface area contributed by atoms with Gasteiger partial charge in [-0.3, -0.25) is 4.79 Å². The van der Waals surface area contributed by atoms with Gasteiger partial charge in [-0.1, -0.05) is 61.4 Å². The fraction of sp³-hybridized carbons (Fsp3) is 0.381. The van der Waals surface area contributed by atoms with E-state index in [9.17, 15) is 4.79 Å². The minimum atomic E-state index is 0.190. The third kappa shape index (κ3) is 4.01. The quantitative estimate of drug-likeness (QED) is 0.436. The molecule has 2 aromatic heterocycles. The van der Waals surface area contributed by atoms with Gasteiger partial charge >= 0.3 is 0 Å². The summed E-state index contributed by atoms with van der Waals surface area (Å²) in [6, 6.07) is 10.7. The molecule has 1 amide bonds. The van der Waals surface area contributed by atoms with Crippen molar-refractivity contribution in [2.45, 2.75) is 43.2 Å². The number of benzene rings is 1. The highest BCUT2D eigenvalue weighted by molar-refractivity contribution is 8.00. The molecule has 0 unspecified atom stereocenters. The third-order valence-corrected chi connectivity index (χ3v) is 7.13. The maximum absolute atomic E-state index is 12.7. The molecule has 1 aliphatic rings. The first-order valence-electron chi connectivity index (χ1n) is 9.40. The Morgan fingerprint density at radius 1 is 1.19 bits per heavy atom. The van der Waals surface area contributed by atoms with Crippen molar-refractivity contribution in [3.05, 3.63) is 42.0 Å². The van der Waals surface area contributed by atoms with E-state index < -0.39 is 0 Å². The molecule has 0 spiro atoms. The van der Waals surface area contributed by atoms with Crippen LogP contribution in [0.25, 0.3) is 21.3 Å². The summed E-state index contributed by atoms with van der Waals surface area (Å²) < 4.78 is 0. The van der Waals surface area contributed by atoms with E-state index in [1.54, 1.807) is 17.7 Å². The van der Waals surface area contributed by atoms with E-state index in [4.69, 9.17) is 0 Å². The molecule has 1 aliphatic carbocycles. The molecule has 0 radical (unpaired) electrons. The average Bonchev–Trinajstić information content (AvgIpc) is 3.17. The summed E-state index contributed by atoms with van der Waals surface area (Å²) in [6.07, 6.45) is 7.63. The maximum Gasteiger partial charge on any atom is 0.232 e. The van der Waals surface area contributed by atoms with Gasteiger partial charge in [-0.25, -0.2) is 9.97 Å². The van der Waals surface area contributed by atoms with Crippen molar-refractivity contribution < 1.29 is 4.79 Å². The number of hydrogen-bond donors (Lipinski definition) is 0. The number of amides is 1. The second-order valence-electron chi connectivity index (χ2n) is 6.96. The molecule has 0 atom stereocenters. The van der Waals surface area contributed by atoms with Crippen LogP contribution in [0.2, 0.25) is 0 Å². The van der Waals surface area contributed by atoms with Crippen molar-refractivity contribution in [3.63, 3.8) is 0 Å². The molecular weight excluding hydrogens is 374 g/mol. The van der Waals surface area contributed by atoms with Crippen LogP contribution in [0.1, 0.15) is 32.1 Å². The van der Waals surface area contributed by atoms with E-state index in [0.717, 1.165) is 39.2 Å². The average molecular weight is 398 g/mol. The van der Waals surface area contributed by atoms with Crippen LogP contribution in [-0.2, 0) is 4.79 Å². The molecule has 4 rings (SSSR count). The normalized spacial score (nSPS) is 15.1. The van der Waals surface area contributed by atoms with Crippen LogP contribution in [0.4, 0.5) is 0 Å². The Labute approximate surface area is 168 Å². The monoisotopic (exact) mass is 397 g/mol. The Morgan fingerprint density at radius 2 is 1.96 bits per heavy atom. The van der Waals surface area contributed by atoms with Gasteiger partial charge in [-0.05, 0) is 18.4 Å². The highest BCUT2D eigenvalue weighted by atomic mass is 32.2. The van der Waals surface area contributed by atoms with Crippen LogP contribution in [-0.4, -0.2) is 39.6 Å². The number of aromatic nitrogens is 2. The first kappa shape index (κ1) is 18.4. The number of carbonyl (C=O) groups excluding carboxylic acids is 1. The lowest BCUT2D eigenvalue weighted by Gasteiger charge is -2.31. The Bertz CT molecular complexity index is 920. The smallest absolute Gasteiger partial charge is 0.232 e. The molecular formula is C21H23N3OS2. The zero-order valence-corrected chi connectivity index (χ0v) is 17.1. The van der Waals surface area contributed by atoms with Crippen LogP contribution in [0.3, 0.4) is 0 Å². The number of nitrogens with zero attached hydrogens (tertiary/aromatic N) is 3. The number of hydrogen-bond acceptors (Lipinski definition) is 5. The number of thiophene rings is 1. The van der Waals surface area contributed by atoms with E-state index in [1.807, 2.05) is 30.1 Å². The van der Waals surface area contributed by atoms with Gasteiger partial charge in [0.25, 0.3) is 0 Å². The number of rotatable bonds is 5. The lowest BCUT2D eigenvalue weighted by atomic mass is 9.94. The summed E-state index contributed by atoms with van der Waals surface area (Å²) in [4.78, 5) is 24.6. The van der Waals surface area contributed by atoms with Crippen LogP contribution in [0, 0.1) is 0 Å². The summed E-state index contributed by atoms with van der Waals surface area (Å²) in [5.74, 6) is 0.610. The van der Waals surface area contributed by atoms with Crippen LogP contribution in [0.15, 0.2) is 47.1 Å². The SMILES string of the molecule is CN(C(=O)CSc1ncnc2scc(-c3ccccc3)c12)C1CCCCC1. The first-order valence-corrected chi connectivity index (χ1v) is 11.3. The minimum Gasteiger partial charge on any atom is -0.342 e. The lowest BCUT2D eigenvalue weighted by Crippen LogP contribution is -2.39. The van der Waals surface area contributed by atoms with Crippen LogP contribution >= 0.6 is 23.1 Å². The van der Waals surface area contributed by atoms with E-state index in [1.165, 1.54) is 31.0 Å². The molecule has 1 aromatic carbocycles. The predicted octanol–water partition coefficient (Wildman–Crippen LogP) is 5.24. The summed E-state index contributed by atoms with van der Waals surface area (Å²) in [5, 5.41) is 4.09. The molecule has 2 heterocycles. The zero-order chi connectivity index (χ0) is 18.6. The number of thioether (sulfide) groups is 1. The zero-order valence-electron chi connectivity index (χ0n) is 15.4. The largest absolute Gasteiger partial charge is 0.342 e. The van der Waals surface area contributed by atoms with Crippen LogP contribution in [0.5, 0.6) is 0 Å². The molecule has 0 N–H and O–H groups in total. The molecule has 140 valence electrons. The van der Waals surface area contributed by atoms with Gasteiger partial charge in [0.15, 0.2) is 0 Å². The fourth-order valence-electron chi connectivity index (χ4n) is 3.69. The molecule has 1 saturated carbocycles. The number of fused-ring (bicyclic) bond motifs is 1.